The second-order valence-corrected chi connectivity index (χ2v) is 3.81. The number of aryl methyl sites for hydroxylation is 1. The van der Waals surface area contributed by atoms with Crippen LogP contribution >= 0.6 is 0 Å². The number of nitrogens with zero attached hydrogens (tertiary/aromatic N) is 1. The Hall–Kier alpha value is -1.55. The molecule has 1 heterocycles. The summed E-state index contributed by atoms with van der Waals surface area (Å²) in [4.78, 5) is 7.58. The van der Waals surface area contributed by atoms with Gasteiger partial charge in [0.15, 0.2) is 0 Å². The Balaban J connectivity index is 2.27. The van der Waals surface area contributed by atoms with E-state index in [0.29, 0.717) is 12.1 Å². The van der Waals surface area contributed by atoms with Crippen LogP contribution in [-0.2, 0) is 6.42 Å². The molecule has 1 unspecified atom stereocenters. The van der Waals surface area contributed by atoms with Gasteiger partial charge in [-0.15, -0.1) is 0 Å². The average Bonchev–Trinajstić information content (AvgIpc) is 2.59. The van der Waals surface area contributed by atoms with Crippen molar-refractivity contribution in [1.82, 2.24) is 9.97 Å². The minimum Gasteiger partial charge on any atom is -0.397 e. The molecule has 0 aliphatic rings. The third kappa shape index (κ3) is 2.10. The molecule has 0 bridgehead atoms. The molecule has 0 saturated carbocycles. The first-order valence-corrected chi connectivity index (χ1v) is 5.08. The molecule has 0 saturated heterocycles. The SMILES string of the molecule is CC(O)CCc1nc2c(N)cccc2[nH]1. The number of H-pyrrole nitrogens is 1. The lowest BCUT2D eigenvalue weighted by molar-refractivity contribution is 0.184. The number of aromatic nitrogens is 2. The van der Waals surface area contributed by atoms with Crippen LogP contribution in [0.1, 0.15) is 19.2 Å². The van der Waals surface area contributed by atoms with Crippen LogP contribution in [0.4, 0.5) is 5.69 Å². The molecular weight excluding hydrogens is 190 g/mol. The fraction of sp³-hybridized carbons (Fsp3) is 0.364. The summed E-state index contributed by atoms with van der Waals surface area (Å²) in [7, 11) is 0. The highest BCUT2D eigenvalue weighted by Crippen LogP contribution is 2.18. The van der Waals surface area contributed by atoms with E-state index >= 15 is 0 Å². The summed E-state index contributed by atoms with van der Waals surface area (Å²) < 4.78 is 0. The quantitative estimate of drug-likeness (QED) is 0.664. The number of aliphatic hydroxyl groups excluding tert-OH is 1. The third-order valence-electron chi connectivity index (χ3n) is 2.39. The number of benzene rings is 1. The number of hydrogen-bond donors (Lipinski definition) is 3. The highest BCUT2D eigenvalue weighted by Gasteiger charge is 2.05. The van der Waals surface area contributed by atoms with Gasteiger partial charge >= 0.3 is 0 Å². The van der Waals surface area contributed by atoms with E-state index in [9.17, 15) is 5.11 Å². The number of nitrogens with one attached hydrogen (secondary N) is 1. The van der Waals surface area contributed by atoms with Crippen molar-refractivity contribution < 1.29 is 5.11 Å². The van der Waals surface area contributed by atoms with Gasteiger partial charge in [0, 0.05) is 6.42 Å². The van der Waals surface area contributed by atoms with Crippen molar-refractivity contribution in [1.29, 1.82) is 0 Å². The molecule has 4 N–H and O–H groups in total. The van der Waals surface area contributed by atoms with Crippen LogP contribution < -0.4 is 5.73 Å². The molecule has 0 aliphatic heterocycles. The van der Waals surface area contributed by atoms with Crippen LogP contribution in [0.3, 0.4) is 0 Å². The lowest BCUT2D eigenvalue weighted by atomic mass is 10.2. The number of rotatable bonds is 3. The van der Waals surface area contributed by atoms with E-state index in [1.165, 1.54) is 0 Å². The second kappa shape index (κ2) is 3.90. The Kier molecular flexibility index (Phi) is 2.60. The van der Waals surface area contributed by atoms with E-state index in [2.05, 4.69) is 9.97 Å². The van der Waals surface area contributed by atoms with Gasteiger partial charge in [0.2, 0.25) is 0 Å². The lowest BCUT2D eigenvalue weighted by Gasteiger charge is -1.99. The Labute approximate surface area is 88.1 Å². The van der Waals surface area contributed by atoms with Gasteiger partial charge in [-0.25, -0.2) is 4.98 Å². The summed E-state index contributed by atoms with van der Waals surface area (Å²) in [5.41, 5.74) is 8.25. The summed E-state index contributed by atoms with van der Waals surface area (Å²) in [6.45, 7) is 1.77. The van der Waals surface area contributed by atoms with E-state index in [0.717, 1.165) is 23.3 Å². The zero-order valence-corrected chi connectivity index (χ0v) is 8.70. The smallest absolute Gasteiger partial charge is 0.111 e. The molecule has 0 spiro atoms. The van der Waals surface area contributed by atoms with Crippen molar-refractivity contribution in [3.63, 3.8) is 0 Å². The van der Waals surface area contributed by atoms with E-state index in [-0.39, 0.29) is 6.10 Å². The monoisotopic (exact) mass is 205 g/mol. The predicted molar refractivity (Wildman–Crippen MR) is 60.5 cm³/mol. The van der Waals surface area contributed by atoms with Gasteiger partial charge in [-0.05, 0) is 25.5 Å². The number of aliphatic hydroxyl groups is 1. The van der Waals surface area contributed by atoms with Crippen molar-refractivity contribution in [2.45, 2.75) is 25.9 Å². The normalized spacial score (nSPS) is 13.2. The molecule has 0 radical (unpaired) electrons. The number of aromatic amines is 1. The Morgan fingerprint density at radius 2 is 2.33 bits per heavy atom. The van der Waals surface area contributed by atoms with Gasteiger partial charge in [0.1, 0.15) is 11.3 Å². The number of imidazole rings is 1. The van der Waals surface area contributed by atoms with Crippen molar-refractivity contribution in [3.05, 3.63) is 24.0 Å². The summed E-state index contributed by atoms with van der Waals surface area (Å²) in [6.07, 6.45) is 1.15. The molecule has 1 atom stereocenters. The lowest BCUT2D eigenvalue weighted by Crippen LogP contribution is -2.02. The number of hydrogen-bond acceptors (Lipinski definition) is 3. The largest absolute Gasteiger partial charge is 0.397 e. The third-order valence-corrected chi connectivity index (χ3v) is 2.39. The Morgan fingerprint density at radius 3 is 3.00 bits per heavy atom. The van der Waals surface area contributed by atoms with Crippen molar-refractivity contribution in [3.8, 4) is 0 Å². The fourth-order valence-corrected chi connectivity index (χ4v) is 1.57. The molecule has 1 aromatic carbocycles. The van der Waals surface area contributed by atoms with Crippen LogP contribution in [0, 0.1) is 0 Å². The molecule has 0 aliphatic carbocycles. The van der Waals surface area contributed by atoms with Gasteiger partial charge in [0.25, 0.3) is 0 Å². The highest BCUT2D eigenvalue weighted by atomic mass is 16.3. The minimum atomic E-state index is -0.296. The number of nitrogen functional groups attached to an aromatic ring is 1. The van der Waals surface area contributed by atoms with Crippen LogP contribution in [0.2, 0.25) is 0 Å². The van der Waals surface area contributed by atoms with Crippen LogP contribution in [0.15, 0.2) is 18.2 Å². The molecule has 4 heteroatoms. The zero-order chi connectivity index (χ0) is 10.8. The first kappa shape index (κ1) is 9.98. The van der Waals surface area contributed by atoms with Crippen molar-refractivity contribution in [2.24, 2.45) is 0 Å². The molecule has 4 nitrogen and oxygen atoms in total. The Morgan fingerprint density at radius 1 is 1.53 bits per heavy atom. The van der Waals surface area contributed by atoms with E-state index in [1.807, 2.05) is 18.2 Å². The van der Waals surface area contributed by atoms with Crippen LogP contribution in [0.5, 0.6) is 0 Å². The molecule has 15 heavy (non-hydrogen) atoms. The van der Waals surface area contributed by atoms with Gasteiger partial charge in [-0.1, -0.05) is 6.07 Å². The molecule has 2 rings (SSSR count). The van der Waals surface area contributed by atoms with Gasteiger partial charge in [0.05, 0.1) is 17.3 Å². The molecule has 0 fully saturated rings. The predicted octanol–water partition coefficient (Wildman–Crippen LogP) is 1.46. The number of anilines is 1. The fourth-order valence-electron chi connectivity index (χ4n) is 1.57. The van der Waals surface area contributed by atoms with Gasteiger partial charge in [-0.3, -0.25) is 0 Å². The van der Waals surface area contributed by atoms with E-state index in [4.69, 9.17) is 5.73 Å². The van der Waals surface area contributed by atoms with Crippen LogP contribution in [-0.4, -0.2) is 21.2 Å². The van der Waals surface area contributed by atoms with Crippen molar-refractivity contribution in [2.75, 3.05) is 5.73 Å². The number of nitrogens with two attached hydrogens (primary N) is 1. The van der Waals surface area contributed by atoms with Crippen LogP contribution in [0.25, 0.3) is 11.0 Å². The summed E-state index contributed by atoms with van der Waals surface area (Å²) >= 11 is 0. The molecule has 1 aromatic heterocycles. The maximum Gasteiger partial charge on any atom is 0.111 e. The van der Waals surface area contributed by atoms with Gasteiger partial charge < -0.3 is 15.8 Å². The number of fused-ring (bicyclic) bond motifs is 1. The molecule has 2 aromatic rings. The minimum absolute atomic E-state index is 0.296. The maximum absolute atomic E-state index is 9.18. The number of para-hydroxylation sites is 1. The van der Waals surface area contributed by atoms with E-state index in [1.54, 1.807) is 6.92 Å². The first-order valence-electron chi connectivity index (χ1n) is 5.08. The molecule has 80 valence electrons. The topological polar surface area (TPSA) is 74.9 Å². The Bertz CT molecular complexity index is 462. The summed E-state index contributed by atoms with van der Waals surface area (Å²) in [6, 6.07) is 5.68. The standard InChI is InChI=1S/C11H15N3O/c1-7(15)5-6-10-13-9-4-2-3-8(12)11(9)14-10/h2-4,7,15H,5-6,12H2,1H3,(H,13,14). The van der Waals surface area contributed by atoms with Gasteiger partial charge in [-0.2, -0.15) is 0 Å². The summed E-state index contributed by atoms with van der Waals surface area (Å²) in [5.74, 6) is 0.879. The maximum atomic E-state index is 9.18. The average molecular weight is 205 g/mol. The molecule has 0 amide bonds. The highest BCUT2D eigenvalue weighted by molar-refractivity contribution is 5.86. The first-order chi connectivity index (χ1) is 7.16. The molecular formula is C11H15N3O. The van der Waals surface area contributed by atoms with Crippen molar-refractivity contribution >= 4 is 16.7 Å². The van der Waals surface area contributed by atoms with E-state index < -0.39 is 0 Å². The summed E-state index contributed by atoms with van der Waals surface area (Å²) in [5, 5.41) is 9.18. The second-order valence-electron chi connectivity index (χ2n) is 3.81. The zero-order valence-electron chi connectivity index (χ0n) is 8.70.